The van der Waals surface area contributed by atoms with Gasteiger partial charge < -0.3 is 19.6 Å². The molecule has 3 aromatic rings. The second-order valence-electron chi connectivity index (χ2n) is 7.33. The minimum atomic E-state index is -0.201. The summed E-state index contributed by atoms with van der Waals surface area (Å²) in [7, 11) is 0. The highest BCUT2D eigenvalue weighted by atomic mass is 32.1. The van der Waals surface area contributed by atoms with E-state index < -0.39 is 0 Å². The third kappa shape index (κ3) is 4.20. The first-order chi connectivity index (χ1) is 14.5. The van der Waals surface area contributed by atoms with E-state index in [9.17, 15) is 14.4 Å². The number of piperidine rings is 1. The molecule has 0 unspecified atom stereocenters. The molecule has 3 heterocycles. The molecule has 1 aliphatic rings. The fourth-order valence-electron chi connectivity index (χ4n) is 3.71. The predicted octanol–water partition coefficient (Wildman–Crippen LogP) is 2.46. The average Bonchev–Trinajstić information content (AvgIpc) is 3.28. The number of para-hydroxylation sites is 1. The standard InChI is InChI=1S/C21H22N4O4S/c26-18(7-11-25-20(28)16-3-1-2-4-17(16)23-21(25)30)22-15-5-9-24(10-6-15)19(27)14-8-12-29-13-14/h1-4,8,12-13,15H,5-7,9-11H2,(H,22,26)(H,23,30). The molecular weight excluding hydrogens is 404 g/mol. The topological polar surface area (TPSA) is 100 Å². The Hall–Kier alpha value is -3.20. The molecule has 0 spiro atoms. The summed E-state index contributed by atoms with van der Waals surface area (Å²) in [6, 6.07) is 8.82. The quantitative estimate of drug-likeness (QED) is 0.611. The van der Waals surface area contributed by atoms with Gasteiger partial charge in [-0.25, -0.2) is 0 Å². The first-order valence-corrected chi connectivity index (χ1v) is 10.3. The maximum atomic E-state index is 12.6. The molecule has 2 aromatic heterocycles. The number of rotatable bonds is 5. The van der Waals surface area contributed by atoms with Crippen LogP contribution >= 0.6 is 12.2 Å². The zero-order chi connectivity index (χ0) is 21.1. The number of hydrogen-bond donors (Lipinski definition) is 2. The SMILES string of the molecule is O=C(CCn1c(=S)[nH]c2ccccc2c1=O)NC1CCN(C(=O)c2ccoc2)CC1. The molecule has 0 aliphatic carbocycles. The number of fused-ring (bicyclic) bond motifs is 1. The van der Waals surface area contributed by atoms with Crippen molar-refractivity contribution in [2.24, 2.45) is 0 Å². The lowest BCUT2D eigenvalue weighted by Crippen LogP contribution is -2.46. The molecule has 2 amide bonds. The van der Waals surface area contributed by atoms with Gasteiger partial charge in [0.1, 0.15) is 6.26 Å². The summed E-state index contributed by atoms with van der Waals surface area (Å²) in [5.41, 5.74) is 1.02. The van der Waals surface area contributed by atoms with Gasteiger partial charge in [-0.3, -0.25) is 19.0 Å². The van der Waals surface area contributed by atoms with E-state index in [1.54, 1.807) is 29.2 Å². The van der Waals surface area contributed by atoms with Crippen molar-refractivity contribution in [2.75, 3.05) is 13.1 Å². The van der Waals surface area contributed by atoms with Gasteiger partial charge >= 0.3 is 0 Å². The fourth-order valence-corrected chi connectivity index (χ4v) is 4.00. The molecule has 8 nitrogen and oxygen atoms in total. The van der Waals surface area contributed by atoms with Crippen molar-refractivity contribution in [1.29, 1.82) is 0 Å². The molecule has 30 heavy (non-hydrogen) atoms. The van der Waals surface area contributed by atoms with Gasteiger partial charge in [0, 0.05) is 32.1 Å². The number of benzene rings is 1. The van der Waals surface area contributed by atoms with Crippen molar-refractivity contribution in [2.45, 2.75) is 31.8 Å². The number of carbonyl (C=O) groups excluding carboxylic acids is 2. The van der Waals surface area contributed by atoms with Gasteiger partial charge in [0.25, 0.3) is 11.5 Å². The van der Waals surface area contributed by atoms with Crippen LogP contribution in [0.15, 0.2) is 52.1 Å². The molecule has 1 fully saturated rings. The number of aromatic amines is 1. The van der Waals surface area contributed by atoms with Crippen LogP contribution in [-0.4, -0.2) is 45.4 Å². The number of amides is 2. The Labute approximate surface area is 177 Å². The molecule has 0 atom stereocenters. The van der Waals surface area contributed by atoms with Crippen LogP contribution in [-0.2, 0) is 11.3 Å². The molecule has 1 aliphatic heterocycles. The van der Waals surface area contributed by atoms with Crippen molar-refractivity contribution in [1.82, 2.24) is 19.8 Å². The molecule has 0 radical (unpaired) electrons. The number of furan rings is 1. The van der Waals surface area contributed by atoms with Crippen molar-refractivity contribution < 1.29 is 14.0 Å². The van der Waals surface area contributed by atoms with E-state index in [1.165, 1.54) is 17.1 Å². The van der Waals surface area contributed by atoms with E-state index >= 15 is 0 Å². The fraction of sp³-hybridized carbons (Fsp3) is 0.333. The molecule has 1 aromatic carbocycles. The van der Waals surface area contributed by atoms with E-state index in [2.05, 4.69) is 10.3 Å². The zero-order valence-corrected chi connectivity index (χ0v) is 17.1. The lowest BCUT2D eigenvalue weighted by Gasteiger charge is -2.32. The Kier molecular flexibility index (Phi) is 5.80. The van der Waals surface area contributed by atoms with E-state index in [0.717, 1.165) is 0 Å². The third-order valence-corrected chi connectivity index (χ3v) is 5.69. The number of hydrogen-bond acceptors (Lipinski definition) is 5. The van der Waals surface area contributed by atoms with Crippen LogP contribution in [0.25, 0.3) is 10.9 Å². The van der Waals surface area contributed by atoms with Gasteiger partial charge in [0.15, 0.2) is 4.77 Å². The van der Waals surface area contributed by atoms with Crippen LogP contribution in [0.3, 0.4) is 0 Å². The number of nitrogens with zero attached hydrogens (tertiary/aromatic N) is 2. The largest absolute Gasteiger partial charge is 0.472 e. The number of aromatic nitrogens is 2. The lowest BCUT2D eigenvalue weighted by molar-refractivity contribution is -0.122. The Balaban J connectivity index is 1.31. The first-order valence-electron chi connectivity index (χ1n) is 9.85. The van der Waals surface area contributed by atoms with Crippen molar-refractivity contribution in [3.05, 3.63) is 63.5 Å². The Bertz CT molecular complexity index is 1170. The second-order valence-corrected chi connectivity index (χ2v) is 7.72. The van der Waals surface area contributed by atoms with E-state index in [0.29, 0.717) is 47.2 Å². The molecule has 4 rings (SSSR count). The minimum absolute atomic E-state index is 0.00811. The van der Waals surface area contributed by atoms with Crippen LogP contribution in [0.1, 0.15) is 29.6 Å². The smallest absolute Gasteiger partial charge is 0.262 e. The predicted molar refractivity (Wildman–Crippen MR) is 114 cm³/mol. The minimum Gasteiger partial charge on any atom is -0.472 e. The first kappa shape index (κ1) is 20.1. The van der Waals surface area contributed by atoms with Crippen LogP contribution in [0.2, 0.25) is 0 Å². The lowest BCUT2D eigenvalue weighted by atomic mass is 10.0. The summed E-state index contributed by atoms with van der Waals surface area (Å²) in [4.78, 5) is 42.2. The van der Waals surface area contributed by atoms with E-state index in [4.69, 9.17) is 16.6 Å². The van der Waals surface area contributed by atoms with Crippen molar-refractivity contribution in [3.8, 4) is 0 Å². The summed E-state index contributed by atoms with van der Waals surface area (Å²) in [6.07, 6.45) is 4.45. The highest BCUT2D eigenvalue weighted by Crippen LogP contribution is 2.14. The Morgan fingerprint density at radius 1 is 1.20 bits per heavy atom. The Morgan fingerprint density at radius 3 is 2.70 bits per heavy atom. The number of carbonyl (C=O) groups is 2. The Morgan fingerprint density at radius 2 is 1.97 bits per heavy atom. The summed E-state index contributed by atoms with van der Waals surface area (Å²) in [5.74, 6) is -0.192. The van der Waals surface area contributed by atoms with Gasteiger partial charge in [-0.2, -0.15) is 0 Å². The van der Waals surface area contributed by atoms with Crippen LogP contribution in [0.4, 0.5) is 0 Å². The van der Waals surface area contributed by atoms with Gasteiger partial charge in [-0.1, -0.05) is 12.1 Å². The highest BCUT2D eigenvalue weighted by Gasteiger charge is 2.25. The molecule has 1 saturated heterocycles. The molecule has 9 heteroatoms. The van der Waals surface area contributed by atoms with Crippen molar-refractivity contribution in [3.63, 3.8) is 0 Å². The summed E-state index contributed by atoms with van der Waals surface area (Å²) in [5, 5.41) is 3.55. The summed E-state index contributed by atoms with van der Waals surface area (Å²) >= 11 is 5.28. The average molecular weight is 426 g/mol. The van der Waals surface area contributed by atoms with Gasteiger partial charge in [-0.05, 0) is 43.3 Å². The van der Waals surface area contributed by atoms with Gasteiger partial charge in [0.05, 0.1) is 22.7 Å². The maximum absolute atomic E-state index is 12.6. The van der Waals surface area contributed by atoms with E-state index in [1.807, 2.05) is 6.07 Å². The molecule has 0 saturated carbocycles. The highest BCUT2D eigenvalue weighted by molar-refractivity contribution is 7.71. The van der Waals surface area contributed by atoms with Crippen LogP contribution in [0, 0.1) is 4.77 Å². The zero-order valence-electron chi connectivity index (χ0n) is 16.3. The number of likely N-dealkylation sites (tertiary alicyclic amines) is 1. The molecule has 2 N–H and O–H groups in total. The maximum Gasteiger partial charge on any atom is 0.262 e. The number of H-pyrrole nitrogens is 1. The van der Waals surface area contributed by atoms with Crippen LogP contribution in [0.5, 0.6) is 0 Å². The second kappa shape index (κ2) is 8.66. The van der Waals surface area contributed by atoms with Crippen LogP contribution < -0.4 is 10.9 Å². The monoisotopic (exact) mass is 426 g/mol. The van der Waals surface area contributed by atoms with Crippen molar-refractivity contribution >= 4 is 34.9 Å². The molecule has 156 valence electrons. The molecule has 0 bridgehead atoms. The van der Waals surface area contributed by atoms with Gasteiger partial charge in [0.2, 0.25) is 5.91 Å². The summed E-state index contributed by atoms with van der Waals surface area (Å²) < 4.78 is 6.69. The van der Waals surface area contributed by atoms with E-state index in [-0.39, 0.29) is 36.4 Å². The molecular formula is C21H22N4O4S. The summed E-state index contributed by atoms with van der Waals surface area (Å²) in [6.45, 7) is 1.36. The third-order valence-electron chi connectivity index (χ3n) is 5.37. The number of nitrogens with one attached hydrogen (secondary N) is 2. The van der Waals surface area contributed by atoms with Gasteiger partial charge in [-0.15, -0.1) is 0 Å². The normalized spacial score (nSPS) is 14.7.